The molecule has 0 saturated heterocycles. The molecule has 1 aromatic carbocycles. The van der Waals surface area contributed by atoms with Gasteiger partial charge in [0.05, 0.1) is 7.11 Å². The fourth-order valence-corrected chi connectivity index (χ4v) is 2.11. The average molecular weight is 261 g/mol. The van der Waals surface area contributed by atoms with E-state index in [1.807, 2.05) is 30.3 Å². The first-order chi connectivity index (χ1) is 9.11. The molecule has 0 radical (unpaired) electrons. The smallest absolute Gasteiger partial charge is 0.346 e. The summed E-state index contributed by atoms with van der Waals surface area (Å²) in [7, 11) is 1.17. The van der Waals surface area contributed by atoms with Gasteiger partial charge in [-0.2, -0.15) is 0 Å². The van der Waals surface area contributed by atoms with Gasteiger partial charge in [0.25, 0.3) is 5.91 Å². The number of ether oxygens (including phenoxy) is 1. The van der Waals surface area contributed by atoms with Gasteiger partial charge in [0.15, 0.2) is 5.57 Å². The van der Waals surface area contributed by atoms with Gasteiger partial charge in [-0.05, 0) is 12.0 Å². The number of amides is 1. The number of rotatable bonds is 3. The van der Waals surface area contributed by atoms with E-state index in [2.05, 4.69) is 10.1 Å². The molecule has 1 unspecified atom stereocenters. The van der Waals surface area contributed by atoms with Crippen molar-refractivity contribution in [3.63, 3.8) is 0 Å². The van der Waals surface area contributed by atoms with Crippen molar-refractivity contribution in [1.29, 1.82) is 0 Å². The Bertz CT molecular complexity index is 522. The number of hydrogen-bond acceptors (Lipinski definition) is 4. The van der Waals surface area contributed by atoms with Gasteiger partial charge in [0.1, 0.15) is 5.76 Å². The van der Waals surface area contributed by atoms with Crippen LogP contribution in [0.25, 0.3) is 0 Å². The number of carbonyl (C=O) groups is 2. The molecule has 5 heteroatoms. The Labute approximate surface area is 110 Å². The van der Waals surface area contributed by atoms with E-state index in [1.54, 1.807) is 0 Å². The topological polar surface area (TPSA) is 75.6 Å². The highest BCUT2D eigenvalue weighted by molar-refractivity contribution is 6.17. The Hall–Kier alpha value is -2.30. The van der Waals surface area contributed by atoms with Crippen LogP contribution in [0.5, 0.6) is 0 Å². The molecule has 1 aliphatic rings. The third-order valence-corrected chi connectivity index (χ3v) is 3.01. The molecule has 1 amide bonds. The normalized spacial score (nSPS) is 19.0. The van der Waals surface area contributed by atoms with Crippen molar-refractivity contribution in [2.75, 3.05) is 7.11 Å². The lowest BCUT2D eigenvalue weighted by molar-refractivity contribution is -0.138. The molecular weight excluding hydrogens is 246 g/mol. The van der Waals surface area contributed by atoms with Crippen molar-refractivity contribution in [2.24, 2.45) is 0 Å². The van der Waals surface area contributed by atoms with E-state index >= 15 is 0 Å². The van der Waals surface area contributed by atoms with Crippen LogP contribution in [-0.4, -0.2) is 30.1 Å². The lowest BCUT2D eigenvalue weighted by Crippen LogP contribution is -2.43. The fourth-order valence-electron chi connectivity index (χ4n) is 2.11. The molecule has 0 spiro atoms. The molecule has 2 rings (SSSR count). The summed E-state index contributed by atoms with van der Waals surface area (Å²) in [6.45, 7) is 0. The maximum Gasteiger partial charge on any atom is 0.346 e. The molecule has 0 fully saturated rings. The molecular formula is C14H15NO4. The second kappa shape index (κ2) is 5.56. The maximum atomic E-state index is 11.8. The number of aliphatic hydroxyl groups excluding tert-OH is 1. The standard InChI is InChI=1S/C14H15NO4/c1-19-14(18)12-11(16)8-10(15-13(12)17)7-9-5-3-2-4-6-9/h2-6,10,16H,7-8H2,1H3,(H,15,17). The average Bonchev–Trinajstić information content (AvgIpc) is 2.38. The number of benzene rings is 1. The van der Waals surface area contributed by atoms with Crippen LogP contribution in [-0.2, 0) is 20.7 Å². The van der Waals surface area contributed by atoms with Crippen LogP contribution in [0, 0.1) is 0 Å². The number of carbonyl (C=O) groups excluding carboxylic acids is 2. The second-order valence-electron chi connectivity index (χ2n) is 4.38. The summed E-state index contributed by atoms with van der Waals surface area (Å²) in [6, 6.07) is 9.41. The van der Waals surface area contributed by atoms with Gasteiger partial charge in [-0.25, -0.2) is 4.79 Å². The summed E-state index contributed by atoms with van der Waals surface area (Å²) < 4.78 is 4.47. The van der Waals surface area contributed by atoms with E-state index in [1.165, 1.54) is 7.11 Å². The van der Waals surface area contributed by atoms with Crippen molar-refractivity contribution in [3.8, 4) is 0 Å². The van der Waals surface area contributed by atoms with E-state index in [4.69, 9.17) is 0 Å². The third kappa shape index (κ3) is 2.93. The van der Waals surface area contributed by atoms with Gasteiger partial charge < -0.3 is 15.2 Å². The minimum atomic E-state index is -0.812. The first-order valence-corrected chi connectivity index (χ1v) is 5.97. The van der Waals surface area contributed by atoms with Crippen LogP contribution in [0.1, 0.15) is 12.0 Å². The summed E-state index contributed by atoms with van der Waals surface area (Å²) in [6.07, 6.45) is 0.830. The van der Waals surface area contributed by atoms with Crippen molar-refractivity contribution in [2.45, 2.75) is 18.9 Å². The fraction of sp³-hybridized carbons (Fsp3) is 0.286. The monoisotopic (exact) mass is 261 g/mol. The molecule has 100 valence electrons. The van der Waals surface area contributed by atoms with Crippen molar-refractivity contribution in [1.82, 2.24) is 5.32 Å². The van der Waals surface area contributed by atoms with Crippen molar-refractivity contribution >= 4 is 11.9 Å². The number of aliphatic hydroxyl groups is 1. The Kier molecular flexibility index (Phi) is 3.85. The second-order valence-corrected chi connectivity index (χ2v) is 4.38. The summed E-state index contributed by atoms with van der Waals surface area (Å²) in [5.74, 6) is -1.61. The number of hydrogen-bond donors (Lipinski definition) is 2. The molecule has 1 atom stereocenters. The lowest BCUT2D eigenvalue weighted by atomic mass is 9.96. The van der Waals surface area contributed by atoms with Crippen molar-refractivity contribution in [3.05, 3.63) is 47.2 Å². The first kappa shape index (κ1) is 13.1. The Morgan fingerprint density at radius 1 is 1.42 bits per heavy atom. The number of methoxy groups -OCH3 is 1. The van der Waals surface area contributed by atoms with E-state index in [0.29, 0.717) is 6.42 Å². The largest absolute Gasteiger partial charge is 0.511 e. The Morgan fingerprint density at radius 2 is 2.11 bits per heavy atom. The van der Waals surface area contributed by atoms with Crippen molar-refractivity contribution < 1.29 is 19.4 Å². The minimum Gasteiger partial charge on any atom is -0.511 e. The van der Waals surface area contributed by atoms with E-state index in [0.717, 1.165) is 5.56 Å². The number of esters is 1. The molecule has 5 nitrogen and oxygen atoms in total. The zero-order valence-electron chi connectivity index (χ0n) is 10.6. The van der Waals surface area contributed by atoms with Gasteiger partial charge in [0.2, 0.25) is 0 Å². The summed E-state index contributed by atoms with van der Waals surface area (Å²) in [5.41, 5.74) is 0.758. The lowest BCUT2D eigenvalue weighted by Gasteiger charge is -2.24. The molecule has 0 aliphatic carbocycles. The Balaban J connectivity index is 2.12. The summed E-state index contributed by atoms with van der Waals surface area (Å²) in [4.78, 5) is 23.1. The highest BCUT2D eigenvalue weighted by atomic mass is 16.5. The molecule has 1 aromatic rings. The molecule has 1 heterocycles. The number of nitrogens with one attached hydrogen (secondary N) is 1. The van der Waals surface area contributed by atoms with Crippen LogP contribution in [0.2, 0.25) is 0 Å². The molecule has 1 aliphatic heterocycles. The van der Waals surface area contributed by atoms with E-state index in [9.17, 15) is 14.7 Å². The zero-order chi connectivity index (χ0) is 13.8. The predicted molar refractivity (Wildman–Crippen MR) is 68.4 cm³/mol. The van der Waals surface area contributed by atoms with Crippen LogP contribution < -0.4 is 5.32 Å². The van der Waals surface area contributed by atoms with Crippen LogP contribution in [0.3, 0.4) is 0 Å². The molecule has 0 bridgehead atoms. The van der Waals surface area contributed by atoms with Gasteiger partial charge in [-0.1, -0.05) is 30.3 Å². The first-order valence-electron chi connectivity index (χ1n) is 5.97. The van der Waals surface area contributed by atoms with Crippen LogP contribution in [0.15, 0.2) is 41.7 Å². The van der Waals surface area contributed by atoms with Gasteiger partial charge in [-0.3, -0.25) is 4.79 Å². The van der Waals surface area contributed by atoms with Crippen LogP contribution in [0.4, 0.5) is 0 Å². The highest BCUT2D eigenvalue weighted by Crippen LogP contribution is 2.19. The summed E-state index contributed by atoms with van der Waals surface area (Å²) in [5, 5.41) is 12.5. The quantitative estimate of drug-likeness (QED) is 0.631. The summed E-state index contributed by atoms with van der Waals surface area (Å²) >= 11 is 0. The van der Waals surface area contributed by atoms with Gasteiger partial charge in [0, 0.05) is 12.5 Å². The Morgan fingerprint density at radius 3 is 2.68 bits per heavy atom. The zero-order valence-corrected chi connectivity index (χ0v) is 10.6. The van der Waals surface area contributed by atoms with Gasteiger partial charge >= 0.3 is 5.97 Å². The van der Waals surface area contributed by atoms with Gasteiger partial charge in [-0.15, -0.1) is 0 Å². The van der Waals surface area contributed by atoms with Crippen LogP contribution >= 0.6 is 0 Å². The van der Waals surface area contributed by atoms with E-state index < -0.39 is 11.9 Å². The SMILES string of the molecule is COC(=O)C1=C(O)CC(Cc2ccccc2)NC1=O. The molecule has 0 saturated carbocycles. The molecule has 2 N–H and O–H groups in total. The minimum absolute atomic E-state index is 0.212. The highest BCUT2D eigenvalue weighted by Gasteiger charge is 2.32. The maximum absolute atomic E-state index is 11.8. The predicted octanol–water partition coefficient (Wildman–Crippen LogP) is 1.10. The third-order valence-electron chi connectivity index (χ3n) is 3.01. The molecule has 0 aromatic heterocycles. The molecule has 19 heavy (non-hydrogen) atoms. The van der Waals surface area contributed by atoms with E-state index in [-0.39, 0.29) is 23.8 Å².